The van der Waals surface area contributed by atoms with Crippen LogP contribution in [0, 0.1) is 0 Å². The van der Waals surface area contributed by atoms with E-state index >= 15 is 0 Å². The van der Waals surface area contributed by atoms with E-state index < -0.39 is 16.1 Å². The highest BCUT2D eigenvalue weighted by Crippen LogP contribution is 2.09. The summed E-state index contributed by atoms with van der Waals surface area (Å²) in [6.07, 6.45) is 1.01. The Hall–Kier alpha value is -1.56. The maximum atomic E-state index is 10.6. The molecular weight excluding hydrogens is 220 g/mol. The zero-order valence-corrected chi connectivity index (χ0v) is 9.19. The van der Waals surface area contributed by atoms with E-state index in [1.54, 1.807) is 30.3 Å². The number of para-hydroxylation sites is 1. The van der Waals surface area contributed by atoms with Crippen LogP contribution < -0.4 is 4.18 Å². The fraction of sp³-hybridized carbons (Fsp3) is 0.222. The van der Waals surface area contributed by atoms with E-state index in [9.17, 15) is 8.42 Å². The third kappa shape index (κ3) is 10.4. The molecule has 15 heavy (non-hydrogen) atoms. The van der Waals surface area contributed by atoms with Crippen molar-refractivity contribution >= 4 is 16.1 Å². The van der Waals surface area contributed by atoms with Crippen molar-refractivity contribution in [2.24, 2.45) is 0 Å². The van der Waals surface area contributed by atoms with Crippen molar-refractivity contribution < 1.29 is 22.5 Å². The minimum absolute atomic E-state index is 0.343. The van der Waals surface area contributed by atoms with Crippen LogP contribution in [-0.2, 0) is 14.9 Å². The maximum Gasteiger partial charge on any atom is 0.306 e. The average molecular weight is 232 g/mol. The van der Waals surface area contributed by atoms with Crippen LogP contribution >= 0.6 is 0 Å². The van der Waals surface area contributed by atoms with Crippen LogP contribution in [0.25, 0.3) is 0 Å². The normalized spacial score (nSPS) is 9.73. The number of aliphatic carboxylic acids is 1. The summed E-state index contributed by atoms with van der Waals surface area (Å²) in [4.78, 5) is 9.00. The minimum Gasteiger partial charge on any atom is -0.481 e. The van der Waals surface area contributed by atoms with Gasteiger partial charge in [-0.3, -0.25) is 4.79 Å². The number of carboxylic acids is 1. The van der Waals surface area contributed by atoms with Crippen molar-refractivity contribution in [3.63, 3.8) is 0 Å². The molecule has 0 radical (unpaired) electrons. The van der Waals surface area contributed by atoms with Gasteiger partial charge in [0.1, 0.15) is 5.75 Å². The Bertz CT molecular complexity index is 392. The molecule has 0 heterocycles. The first-order chi connectivity index (χ1) is 6.81. The van der Waals surface area contributed by atoms with Gasteiger partial charge in [0.2, 0.25) is 0 Å². The predicted molar refractivity (Wildman–Crippen MR) is 55.2 cm³/mol. The quantitative estimate of drug-likeness (QED) is 0.773. The molecule has 0 aliphatic heterocycles. The SMILES string of the molecule is CC(=O)O.CS(=O)(=O)Oc1ccccc1. The van der Waals surface area contributed by atoms with Crippen molar-refractivity contribution in [3.8, 4) is 5.75 Å². The van der Waals surface area contributed by atoms with E-state index in [4.69, 9.17) is 9.90 Å². The van der Waals surface area contributed by atoms with Gasteiger partial charge in [0.15, 0.2) is 0 Å². The van der Waals surface area contributed by atoms with E-state index in [0.717, 1.165) is 13.2 Å². The van der Waals surface area contributed by atoms with Gasteiger partial charge in [-0.1, -0.05) is 18.2 Å². The molecule has 0 saturated heterocycles. The topological polar surface area (TPSA) is 80.7 Å². The number of rotatable bonds is 2. The van der Waals surface area contributed by atoms with Crippen LogP contribution in [0.15, 0.2) is 30.3 Å². The minimum atomic E-state index is -3.38. The summed E-state index contributed by atoms with van der Waals surface area (Å²) in [5.74, 6) is -0.491. The molecule has 0 fully saturated rings. The summed E-state index contributed by atoms with van der Waals surface area (Å²) in [6.45, 7) is 1.08. The first-order valence-electron chi connectivity index (χ1n) is 3.95. The Kier molecular flexibility index (Phi) is 5.40. The van der Waals surface area contributed by atoms with E-state index in [2.05, 4.69) is 4.18 Å². The molecule has 0 bridgehead atoms. The van der Waals surface area contributed by atoms with Crippen LogP contribution in [0.3, 0.4) is 0 Å². The Morgan fingerprint density at radius 3 is 2.00 bits per heavy atom. The Balaban J connectivity index is 0.000000423. The Morgan fingerprint density at radius 2 is 1.67 bits per heavy atom. The number of carboxylic acid groups (broad SMARTS) is 1. The van der Waals surface area contributed by atoms with Gasteiger partial charge in [-0.05, 0) is 12.1 Å². The largest absolute Gasteiger partial charge is 0.481 e. The molecule has 0 aliphatic carbocycles. The summed E-state index contributed by atoms with van der Waals surface area (Å²) in [6, 6.07) is 8.37. The van der Waals surface area contributed by atoms with Gasteiger partial charge in [-0.15, -0.1) is 0 Å². The summed E-state index contributed by atoms with van der Waals surface area (Å²) < 4.78 is 25.7. The van der Waals surface area contributed by atoms with E-state index in [1.807, 2.05) is 0 Å². The van der Waals surface area contributed by atoms with Gasteiger partial charge in [-0.25, -0.2) is 0 Å². The summed E-state index contributed by atoms with van der Waals surface area (Å²) in [5, 5.41) is 7.42. The molecule has 0 amide bonds. The first-order valence-corrected chi connectivity index (χ1v) is 5.77. The lowest BCUT2D eigenvalue weighted by Gasteiger charge is -1.99. The summed E-state index contributed by atoms with van der Waals surface area (Å²) >= 11 is 0. The number of hydrogen-bond donors (Lipinski definition) is 1. The second kappa shape index (κ2) is 6.02. The van der Waals surface area contributed by atoms with Gasteiger partial charge in [-0.2, -0.15) is 8.42 Å². The number of hydrogen-bond acceptors (Lipinski definition) is 4. The number of carbonyl (C=O) groups is 1. The lowest BCUT2D eigenvalue weighted by Crippen LogP contribution is -2.05. The zero-order valence-electron chi connectivity index (χ0n) is 8.38. The molecule has 0 spiro atoms. The predicted octanol–water partition coefficient (Wildman–Crippen LogP) is 1.12. The third-order valence-corrected chi connectivity index (χ3v) is 1.49. The van der Waals surface area contributed by atoms with Crippen LogP contribution in [0.4, 0.5) is 0 Å². The molecule has 84 valence electrons. The van der Waals surface area contributed by atoms with Gasteiger partial charge in [0, 0.05) is 6.92 Å². The molecule has 6 heteroatoms. The molecule has 1 N–H and O–H groups in total. The van der Waals surface area contributed by atoms with E-state index in [0.29, 0.717) is 5.75 Å². The fourth-order valence-corrected chi connectivity index (χ4v) is 1.11. The van der Waals surface area contributed by atoms with Gasteiger partial charge >= 0.3 is 10.1 Å². The van der Waals surface area contributed by atoms with Crippen molar-refractivity contribution in [1.29, 1.82) is 0 Å². The molecular formula is C9H12O5S. The van der Waals surface area contributed by atoms with Crippen LogP contribution in [0.2, 0.25) is 0 Å². The maximum absolute atomic E-state index is 10.6. The third-order valence-electron chi connectivity index (χ3n) is 0.991. The fourth-order valence-electron chi connectivity index (χ4n) is 0.651. The van der Waals surface area contributed by atoms with Crippen molar-refractivity contribution in [3.05, 3.63) is 30.3 Å². The smallest absolute Gasteiger partial charge is 0.306 e. The van der Waals surface area contributed by atoms with Crippen molar-refractivity contribution in [2.45, 2.75) is 6.92 Å². The molecule has 0 aliphatic rings. The van der Waals surface area contributed by atoms with Crippen LogP contribution in [0.5, 0.6) is 5.75 Å². The average Bonchev–Trinajstić information content (AvgIpc) is 2.01. The molecule has 1 aromatic carbocycles. The lowest BCUT2D eigenvalue weighted by atomic mass is 10.3. The molecule has 1 rings (SSSR count). The van der Waals surface area contributed by atoms with E-state index in [-0.39, 0.29) is 0 Å². The highest BCUT2D eigenvalue weighted by molar-refractivity contribution is 7.86. The van der Waals surface area contributed by atoms with Gasteiger partial charge in [0.25, 0.3) is 5.97 Å². The standard InChI is InChI=1S/C7H8O3S.C2H4O2/c1-11(8,9)10-7-5-3-2-4-6-7;1-2(3)4/h2-6H,1H3;1H3,(H,3,4). The second-order valence-electron chi connectivity index (χ2n) is 2.62. The number of benzene rings is 1. The molecule has 0 aromatic heterocycles. The summed E-state index contributed by atoms with van der Waals surface area (Å²) in [7, 11) is -3.38. The molecule has 1 aromatic rings. The second-order valence-corrected chi connectivity index (χ2v) is 4.19. The van der Waals surface area contributed by atoms with Gasteiger partial charge < -0.3 is 9.29 Å². The first kappa shape index (κ1) is 13.4. The lowest BCUT2D eigenvalue weighted by molar-refractivity contribution is -0.134. The molecule has 0 saturated carbocycles. The zero-order chi connectivity index (χ0) is 11.9. The monoisotopic (exact) mass is 232 g/mol. The summed E-state index contributed by atoms with van der Waals surface area (Å²) in [5.41, 5.74) is 0. The Labute approximate surface area is 88.4 Å². The van der Waals surface area contributed by atoms with Crippen molar-refractivity contribution in [1.82, 2.24) is 0 Å². The molecule has 5 nitrogen and oxygen atoms in total. The van der Waals surface area contributed by atoms with Crippen LogP contribution in [-0.4, -0.2) is 25.7 Å². The molecule has 0 unspecified atom stereocenters. The Morgan fingerprint density at radius 1 is 1.27 bits per heavy atom. The van der Waals surface area contributed by atoms with Gasteiger partial charge in [0.05, 0.1) is 6.26 Å². The highest BCUT2D eigenvalue weighted by atomic mass is 32.2. The highest BCUT2D eigenvalue weighted by Gasteiger charge is 2.01. The van der Waals surface area contributed by atoms with Crippen molar-refractivity contribution in [2.75, 3.05) is 6.26 Å². The van der Waals surface area contributed by atoms with Crippen LogP contribution in [0.1, 0.15) is 6.92 Å². The van der Waals surface area contributed by atoms with E-state index in [1.165, 1.54) is 0 Å². The molecule has 0 atom stereocenters.